The van der Waals surface area contributed by atoms with Gasteiger partial charge in [0.1, 0.15) is 5.75 Å². The Kier molecular flexibility index (Phi) is 7.83. The lowest BCUT2D eigenvalue weighted by Crippen LogP contribution is -2.37. The van der Waals surface area contributed by atoms with Gasteiger partial charge in [-0.2, -0.15) is 0 Å². The molecule has 118 valence electrons. The van der Waals surface area contributed by atoms with Gasteiger partial charge in [0, 0.05) is 18.2 Å². The Hall–Kier alpha value is -1.55. The molecule has 0 aliphatic carbocycles. The molecule has 0 fully saturated rings. The summed E-state index contributed by atoms with van der Waals surface area (Å²) in [6, 6.07) is 7.59. The zero-order valence-corrected chi connectivity index (χ0v) is 13.4. The number of nitrogens with two attached hydrogens (primary N) is 1. The van der Waals surface area contributed by atoms with Gasteiger partial charge in [0.25, 0.3) is 5.91 Å². The quantitative estimate of drug-likeness (QED) is 0.687. The van der Waals surface area contributed by atoms with Crippen molar-refractivity contribution < 1.29 is 9.53 Å². The van der Waals surface area contributed by atoms with Gasteiger partial charge in [-0.15, -0.1) is 0 Å². The summed E-state index contributed by atoms with van der Waals surface area (Å²) >= 11 is 0. The molecule has 4 nitrogen and oxygen atoms in total. The second kappa shape index (κ2) is 9.40. The number of nitrogens with one attached hydrogen (secondary N) is 1. The number of amides is 1. The molecule has 0 bridgehead atoms. The molecule has 0 saturated heterocycles. The maximum absolute atomic E-state index is 12.0. The Labute approximate surface area is 128 Å². The minimum Gasteiger partial charge on any atom is -0.481 e. The third-order valence-corrected chi connectivity index (χ3v) is 3.51. The summed E-state index contributed by atoms with van der Waals surface area (Å²) in [5, 5.41) is 2.90. The number of unbranched alkanes of at least 4 members (excludes halogenated alkanes) is 2. The minimum absolute atomic E-state index is 0.0685. The van der Waals surface area contributed by atoms with E-state index in [1.54, 1.807) is 6.92 Å². The van der Waals surface area contributed by atoms with E-state index in [4.69, 9.17) is 10.5 Å². The highest BCUT2D eigenvalue weighted by Crippen LogP contribution is 2.26. The van der Waals surface area contributed by atoms with E-state index in [-0.39, 0.29) is 11.9 Å². The molecule has 1 aromatic rings. The molecule has 3 N–H and O–H groups in total. The van der Waals surface area contributed by atoms with E-state index in [0.29, 0.717) is 12.3 Å². The second-order valence-electron chi connectivity index (χ2n) is 5.31. The fourth-order valence-corrected chi connectivity index (χ4v) is 2.09. The molecule has 0 aliphatic rings. The number of hydrogen-bond acceptors (Lipinski definition) is 3. The van der Waals surface area contributed by atoms with E-state index in [1.165, 1.54) is 0 Å². The minimum atomic E-state index is -0.517. The first kappa shape index (κ1) is 17.5. The van der Waals surface area contributed by atoms with E-state index in [9.17, 15) is 4.79 Å². The Bertz CT molecular complexity index is 435. The van der Waals surface area contributed by atoms with Crippen LogP contribution in [0.4, 0.5) is 0 Å². The van der Waals surface area contributed by atoms with Crippen molar-refractivity contribution in [1.29, 1.82) is 0 Å². The van der Waals surface area contributed by atoms with Gasteiger partial charge < -0.3 is 15.8 Å². The largest absolute Gasteiger partial charge is 0.481 e. The molecule has 1 unspecified atom stereocenters. The van der Waals surface area contributed by atoms with Crippen molar-refractivity contribution in [1.82, 2.24) is 5.32 Å². The lowest BCUT2D eigenvalue weighted by Gasteiger charge is -2.19. The van der Waals surface area contributed by atoms with Crippen molar-refractivity contribution >= 4 is 5.91 Å². The number of hydrogen-bond donors (Lipinski definition) is 2. The molecule has 0 aliphatic heterocycles. The molecule has 0 radical (unpaired) electrons. The molecule has 1 amide bonds. The van der Waals surface area contributed by atoms with Crippen molar-refractivity contribution in [2.75, 3.05) is 6.54 Å². The van der Waals surface area contributed by atoms with Crippen LogP contribution in [-0.4, -0.2) is 18.6 Å². The predicted octanol–water partition coefficient (Wildman–Crippen LogP) is 3.17. The number of benzene rings is 1. The van der Waals surface area contributed by atoms with Gasteiger partial charge in [-0.3, -0.25) is 4.79 Å². The number of para-hydroxylation sites is 1. The van der Waals surface area contributed by atoms with Crippen molar-refractivity contribution in [3.63, 3.8) is 0 Å². The van der Waals surface area contributed by atoms with Crippen LogP contribution in [-0.2, 0) is 4.79 Å². The summed E-state index contributed by atoms with van der Waals surface area (Å²) in [4.78, 5) is 12.0. The molecule has 4 heteroatoms. The maximum atomic E-state index is 12.0. The molecular weight excluding hydrogens is 264 g/mol. The van der Waals surface area contributed by atoms with Gasteiger partial charge in [0.2, 0.25) is 0 Å². The second-order valence-corrected chi connectivity index (χ2v) is 5.31. The summed E-state index contributed by atoms with van der Waals surface area (Å²) in [5.74, 6) is 0.619. The molecule has 0 saturated carbocycles. The van der Waals surface area contributed by atoms with Crippen molar-refractivity contribution in [2.24, 2.45) is 5.73 Å². The van der Waals surface area contributed by atoms with Crippen LogP contribution in [0, 0.1) is 0 Å². The number of carbonyl (C=O) groups excluding carboxylic acids is 1. The standard InChI is InChI=1S/C17H28N2O2/c1-4-6-9-12-19-17(20)13(3)21-16-11-8-7-10-14(16)15(18)5-2/h7-8,10-11,13,15H,4-6,9,12,18H2,1-3H3,(H,19,20)/t13?,15-/m0/s1. The first-order valence-corrected chi connectivity index (χ1v) is 7.89. The average molecular weight is 292 g/mol. The van der Waals surface area contributed by atoms with Crippen LogP contribution in [0.3, 0.4) is 0 Å². The summed E-state index contributed by atoms with van der Waals surface area (Å²) in [6.07, 6.45) is 3.59. The molecule has 1 aromatic carbocycles. The van der Waals surface area contributed by atoms with Gasteiger partial charge in [-0.05, 0) is 25.8 Å². The number of ether oxygens (including phenoxy) is 1. The number of rotatable bonds is 9. The Balaban J connectivity index is 2.58. The molecule has 0 heterocycles. The first-order chi connectivity index (χ1) is 10.1. The predicted molar refractivity (Wildman–Crippen MR) is 86.3 cm³/mol. The fraction of sp³-hybridized carbons (Fsp3) is 0.588. The van der Waals surface area contributed by atoms with Crippen LogP contribution >= 0.6 is 0 Å². The Morgan fingerprint density at radius 3 is 2.67 bits per heavy atom. The number of carbonyl (C=O) groups is 1. The van der Waals surface area contributed by atoms with E-state index in [0.717, 1.165) is 31.2 Å². The monoisotopic (exact) mass is 292 g/mol. The highest BCUT2D eigenvalue weighted by atomic mass is 16.5. The smallest absolute Gasteiger partial charge is 0.260 e. The van der Waals surface area contributed by atoms with Crippen LogP contribution in [0.25, 0.3) is 0 Å². The van der Waals surface area contributed by atoms with Gasteiger partial charge >= 0.3 is 0 Å². The molecule has 21 heavy (non-hydrogen) atoms. The summed E-state index contributed by atoms with van der Waals surface area (Å²) in [5.41, 5.74) is 7.03. The molecule has 0 aromatic heterocycles. The van der Waals surface area contributed by atoms with E-state index in [1.807, 2.05) is 31.2 Å². The van der Waals surface area contributed by atoms with Gasteiger partial charge in [0.05, 0.1) is 0 Å². The normalized spacial score (nSPS) is 13.5. The topological polar surface area (TPSA) is 64.3 Å². The van der Waals surface area contributed by atoms with Crippen LogP contribution in [0.15, 0.2) is 24.3 Å². The summed E-state index contributed by atoms with van der Waals surface area (Å²) in [6.45, 7) is 6.65. The van der Waals surface area contributed by atoms with E-state index < -0.39 is 6.10 Å². The van der Waals surface area contributed by atoms with Crippen LogP contribution in [0.2, 0.25) is 0 Å². The van der Waals surface area contributed by atoms with Gasteiger partial charge in [-0.1, -0.05) is 44.9 Å². The molecular formula is C17H28N2O2. The third-order valence-electron chi connectivity index (χ3n) is 3.51. The Morgan fingerprint density at radius 2 is 2.00 bits per heavy atom. The zero-order chi connectivity index (χ0) is 15.7. The van der Waals surface area contributed by atoms with Crippen LogP contribution < -0.4 is 15.8 Å². The molecule has 1 rings (SSSR count). The fourth-order valence-electron chi connectivity index (χ4n) is 2.09. The average Bonchev–Trinajstić information content (AvgIpc) is 2.51. The van der Waals surface area contributed by atoms with Crippen LogP contribution in [0.1, 0.15) is 58.1 Å². The van der Waals surface area contributed by atoms with E-state index >= 15 is 0 Å². The zero-order valence-electron chi connectivity index (χ0n) is 13.4. The highest BCUT2D eigenvalue weighted by molar-refractivity contribution is 5.80. The van der Waals surface area contributed by atoms with Crippen molar-refractivity contribution in [2.45, 2.75) is 58.6 Å². The van der Waals surface area contributed by atoms with Gasteiger partial charge in [0.15, 0.2) is 6.10 Å². The Morgan fingerprint density at radius 1 is 1.29 bits per heavy atom. The lowest BCUT2D eigenvalue weighted by molar-refractivity contribution is -0.127. The van der Waals surface area contributed by atoms with Crippen molar-refractivity contribution in [3.05, 3.63) is 29.8 Å². The molecule has 2 atom stereocenters. The SMILES string of the molecule is CCCCCNC(=O)C(C)Oc1ccccc1[C@@H](N)CC. The third kappa shape index (κ3) is 5.76. The first-order valence-electron chi connectivity index (χ1n) is 7.89. The molecule has 0 spiro atoms. The summed E-state index contributed by atoms with van der Waals surface area (Å²) in [7, 11) is 0. The maximum Gasteiger partial charge on any atom is 0.260 e. The van der Waals surface area contributed by atoms with Crippen molar-refractivity contribution in [3.8, 4) is 5.75 Å². The summed E-state index contributed by atoms with van der Waals surface area (Å²) < 4.78 is 5.80. The van der Waals surface area contributed by atoms with Crippen LogP contribution in [0.5, 0.6) is 5.75 Å². The van der Waals surface area contributed by atoms with Gasteiger partial charge in [-0.25, -0.2) is 0 Å². The lowest BCUT2D eigenvalue weighted by atomic mass is 10.0. The highest BCUT2D eigenvalue weighted by Gasteiger charge is 2.17. The van der Waals surface area contributed by atoms with E-state index in [2.05, 4.69) is 12.2 Å².